The maximum absolute atomic E-state index is 12.2. The number of esters is 1. The van der Waals surface area contributed by atoms with Gasteiger partial charge in [0.05, 0.1) is 7.11 Å². The van der Waals surface area contributed by atoms with Crippen molar-refractivity contribution >= 4 is 12.1 Å². The normalized spacial score (nSPS) is 22.7. The second-order valence-corrected chi connectivity index (χ2v) is 6.61. The molecule has 1 amide bonds. The molecule has 1 fully saturated rings. The van der Waals surface area contributed by atoms with Crippen LogP contribution in [0.3, 0.4) is 0 Å². The van der Waals surface area contributed by atoms with E-state index < -0.39 is 23.2 Å². The Morgan fingerprint density at radius 3 is 2.39 bits per heavy atom. The number of terminal acetylenes is 1. The molecule has 0 bridgehead atoms. The highest BCUT2D eigenvalue weighted by atomic mass is 16.6. The van der Waals surface area contributed by atoms with Crippen molar-refractivity contribution in [3.63, 3.8) is 0 Å². The fourth-order valence-corrected chi connectivity index (χ4v) is 2.56. The van der Waals surface area contributed by atoms with Crippen molar-refractivity contribution in [2.24, 2.45) is 0 Å². The maximum Gasteiger partial charge on any atom is 0.408 e. The van der Waals surface area contributed by atoms with Crippen molar-refractivity contribution in [2.75, 3.05) is 7.11 Å². The zero-order valence-electron chi connectivity index (χ0n) is 13.8. The van der Waals surface area contributed by atoms with Crippen LogP contribution in [0.25, 0.3) is 0 Å². The molecule has 5 heteroatoms. The lowest BCUT2D eigenvalue weighted by Crippen LogP contribution is -2.47. The molecule has 1 saturated carbocycles. The van der Waals surface area contributed by atoms with E-state index in [1.165, 1.54) is 7.11 Å². The molecule has 0 spiro atoms. The van der Waals surface area contributed by atoms with Gasteiger partial charge in [0.25, 0.3) is 0 Å². The minimum Gasteiger partial charge on any atom is -0.467 e. The van der Waals surface area contributed by atoms with E-state index in [1.807, 2.05) is 24.3 Å². The molecule has 1 N–H and O–H groups in total. The first-order valence-corrected chi connectivity index (χ1v) is 7.38. The third-order valence-corrected chi connectivity index (χ3v) is 3.71. The standard InChI is InChI=1S/C18H21NO4/c1-6-12-7-9-13(10-8-12)14-11-18(14,15(20)22-5)19-16(21)23-17(2,3)4/h1,7-10,14H,11H2,2-5H3,(H,19,21)/t14-,18-/m0/s1. The third-order valence-electron chi connectivity index (χ3n) is 3.71. The molecule has 0 aromatic heterocycles. The SMILES string of the molecule is C#Cc1ccc([C@@H]2C[C@@]2(NC(=O)OC(C)(C)C)C(=O)OC)cc1. The van der Waals surface area contributed by atoms with Gasteiger partial charge in [-0.25, -0.2) is 9.59 Å². The van der Waals surface area contributed by atoms with Crippen LogP contribution in [0.2, 0.25) is 0 Å². The number of rotatable bonds is 3. The van der Waals surface area contributed by atoms with Gasteiger partial charge in [-0.1, -0.05) is 18.1 Å². The van der Waals surface area contributed by atoms with Crippen LogP contribution in [0.1, 0.15) is 44.2 Å². The van der Waals surface area contributed by atoms with E-state index in [0.717, 1.165) is 11.1 Å². The lowest BCUT2D eigenvalue weighted by molar-refractivity contribution is -0.144. The average molecular weight is 315 g/mol. The number of methoxy groups -OCH3 is 1. The summed E-state index contributed by atoms with van der Waals surface area (Å²) < 4.78 is 10.1. The third kappa shape index (κ3) is 3.65. The van der Waals surface area contributed by atoms with Crippen LogP contribution in [0, 0.1) is 12.3 Å². The zero-order chi connectivity index (χ0) is 17.3. The van der Waals surface area contributed by atoms with Crippen LogP contribution in [0.15, 0.2) is 24.3 Å². The molecule has 5 nitrogen and oxygen atoms in total. The van der Waals surface area contributed by atoms with Crippen LogP contribution >= 0.6 is 0 Å². The Balaban J connectivity index is 2.18. The van der Waals surface area contributed by atoms with Crippen molar-refractivity contribution in [2.45, 2.75) is 44.2 Å². The predicted octanol–water partition coefficient (Wildman–Crippen LogP) is 2.59. The first-order valence-electron chi connectivity index (χ1n) is 7.38. The van der Waals surface area contributed by atoms with Crippen LogP contribution < -0.4 is 5.32 Å². The molecule has 1 aliphatic carbocycles. The lowest BCUT2D eigenvalue weighted by Gasteiger charge is -2.23. The van der Waals surface area contributed by atoms with Gasteiger partial charge in [-0.05, 0) is 44.9 Å². The lowest BCUT2D eigenvalue weighted by atomic mass is 10.0. The van der Waals surface area contributed by atoms with Gasteiger partial charge in [0.15, 0.2) is 0 Å². The molecule has 2 rings (SSSR count). The summed E-state index contributed by atoms with van der Waals surface area (Å²) in [5, 5.41) is 2.68. The van der Waals surface area contributed by atoms with Crippen LogP contribution in [-0.2, 0) is 14.3 Å². The first-order chi connectivity index (χ1) is 10.7. The quantitative estimate of drug-likeness (QED) is 0.688. The Kier molecular flexibility index (Phi) is 4.37. The number of hydrogen-bond acceptors (Lipinski definition) is 4. The van der Waals surface area contributed by atoms with Crippen molar-refractivity contribution in [3.8, 4) is 12.3 Å². The summed E-state index contributed by atoms with van der Waals surface area (Å²) in [6, 6.07) is 7.34. The topological polar surface area (TPSA) is 64.6 Å². The number of hydrogen-bond donors (Lipinski definition) is 1. The average Bonchev–Trinajstić information content (AvgIpc) is 3.19. The minimum atomic E-state index is -1.07. The Morgan fingerprint density at radius 2 is 1.91 bits per heavy atom. The van der Waals surface area contributed by atoms with E-state index in [4.69, 9.17) is 15.9 Å². The molecule has 23 heavy (non-hydrogen) atoms. The van der Waals surface area contributed by atoms with E-state index >= 15 is 0 Å². The fourth-order valence-electron chi connectivity index (χ4n) is 2.56. The Hall–Kier alpha value is -2.48. The van der Waals surface area contributed by atoms with E-state index in [2.05, 4.69) is 11.2 Å². The van der Waals surface area contributed by atoms with Crippen LogP contribution in [0.5, 0.6) is 0 Å². The summed E-state index contributed by atoms with van der Waals surface area (Å²) in [6.45, 7) is 5.29. The maximum atomic E-state index is 12.2. The van der Waals surface area contributed by atoms with Gasteiger partial charge in [-0.3, -0.25) is 0 Å². The van der Waals surface area contributed by atoms with Gasteiger partial charge >= 0.3 is 12.1 Å². The van der Waals surface area contributed by atoms with Crippen LogP contribution in [0.4, 0.5) is 4.79 Å². The largest absolute Gasteiger partial charge is 0.467 e. The highest BCUT2D eigenvalue weighted by molar-refractivity contribution is 5.91. The van der Waals surface area contributed by atoms with Gasteiger partial charge < -0.3 is 14.8 Å². The molecule has 122 valence electrons. The van der Waals surface area contributed by atoms with Crippen molar-refractivity contribution < 1.29 is 19.1 Å². The number of alkyl carbamates (subject to hydrolysis) is 1. The summed E-state index contributed by atoms with van der Waals surface area (Å²) in [6.07, 6.45) is 5.17. The highest BCUT2D eigenvalue weighted by Crippen LogP contribution is 2.52. The van der Waals surface area contributed by atoms with E-state index in [0.29, 0.717) is 6.42 Å². The van der Waals surface area contributed by atoms with Gasteiger partial charge in [0.1, 0.15) is 11.1 Å². The molecule has 0 aliphatic heterocycles. The molecular formula is C18H21NO4. The minimum absolute atomic E-state index is 0.158. The molecule has 0 saturated heterocycles. The van der Waals surface area contributed by atoms with E-state index in [1.54, 1.807) is 20.8 Å². The summed E-state index contributed by atoms with van der Waals surface area (Å²) >= 11 is 0. The fraction of sp³-hybridized carbons (Fsp3) is 0.444. The number of ether oxygens (including phenoxy) is 2. The Bertz CT molecular complexity index is 651. The molecule has 0 unspecified atom stereocenters. The monoisotopic (exact) mass is 315 g/mol. The summed E-state index contributed by atoms with van der Waals surface area (Å²) in [7, 11) is 1.30. The predicted molar refractivity (Wildman–Crippen MR) is 85.9 cm³/mol. The Morgan fingerprint density at radius 1 is 1.30 bits per heavy atom. The van der Waals surface area contributed by atoms with Crippen molar-refractivity contribution in [3.05, 3.63) is 35.4 Å². The molecule has 2 atom stereocenters. The molecule has 1 aromatic carbocycles. The number of carbonyl (C=O) groups is 2. The van der Waals surface area contributed by atoms with Crippen molar-refractivity contribution in [1.82, 2.24) is 5.32 Å². The second-order valence-electron chi connectivity index (χ2n) is 6.61. The van der Waals surface area contributed by atoms with E-state index in [-0.39, 0.29) is 5.92 Å². The second kappa shape index (κ2) is 5.96. The summed E-state index contributed by atoms with van der Waals surface area (Å²) in [5.74, 6) is 1.91. The van der Waals surface area contributed by atoms with Crippen molar-refractivity contribution in [1.29, 1.82) is 0 Å². The molecule has 0 heterocycles. The summed E-state index contributed by atoms with van der Waals surface area (Å²) in [5.41, 5.74) is -0.0294. The molecule has 1 aromatic rings. The molecular weight excluding hydrogens is 294 g/mol. The Labute approximate surface area is 136 Å². The van der Waals surface area contributed by atoms with Gasteiger partial charge in [-0.2, -0.15) is 0 Å². The zero-order valence-corrected chi connectivity index (χ0v) is 13.8. The number of benzene rings is 1. The number of carbonyl (C=O) groups excluding carboxylic acids is 2. The molecule has 0 radical (unpaired) electrons. The molecule has 1 aliphatic rings. The van der Waals surface area contributed by atoms with Gasteiger partial charge in [-0.15, -0.1) is 6.42 Å². The number of nitrogens with one attached hydrogen (secondary N) is 1. The smallest absolute Gasteiger partial charge is 0.408 e. The summed E-state index contributed by atoms with van der Waals surface area (Å²) in [4.78, 5) is 24.2. The van der Waals surface area contributed by atoms with Gasteiger partial charge in [0.2, 0.25) is 0 Å². The highest BCUT2D eigenvalue weighted by Gasteiger charge is 2.63. The van der Waals surface area contributed by atoms with E-state index in [9.17, 15) is 9.59 Å². The first kappa shape index (κ1) is 16.9. The van der Waals surface area contributed by atoms with Gasteiger partial charge in [0, 0.05) is 11.5 Å². The van der Waals surface area contributed by atoms with Crippen LogP contribution in [-0.4, -0.2) is 30.3 Å². The number of amides is 1.